The minimum atomic E-state index is 0.184. The van der Waals surface area contributed by atoms with E-state index in [1.165, 1.54) is 0 Å². The molecule has 0 aliphatic carbocycles. The van der Waals surface area contributed by atoms with Gasteiger partial charge in [0.15, 0.2) is 0 Å². The molecular weight excluding hydrogens is 294 g/mol. The van der Waals surface area contributed by atoms with Crippen molar-refractivity contribution in [3.05, 3.63) is 28.2 Å². The van der Waals surface area contributed by atoms with Gasteiger partial charge < -0.3 is 9.47 Å². The van der Waals surface area contributed by atoms with Crippen LogP contribution in [0.2, 0.25) is 0 Å². The summed E-state index contributed by atoms with van der Waals surface area (Å²) in [5, 5.41) is 8.86. The Kier molecular flexibility index (Phi) is 4.26. The molecule has 1 aliphatic rings. The Labute approximate surface area is 116 Å². The zero-order valence-corrected chi connectivity index (χ0v) is 12.1. The van der Waals surface area contributed by atoms with Gasteiger partial charge in [-0.15, -0.1) is 0 Å². The van der Waals surface area contributed by atoms with Gasteiger partial charge in [-0.3, -0.25) is 0 Å². The van der Waals surface area contributed by atoms with Crippen LogP contribution in [0.1, 0.15) is 32.3 Å². The van der Waals surface area contributed by atoms with E-state index in [1.54, 1.807) is 6.07 Å². The predicted octanol–water partition coefficient (Wildman–Crippen LogP) is 3.66. The summed E-state index contributed by atoms with van der Waals surface area (Å²) in [6.07, 6.45) is 2.47. The lowest BCUT2D eigenvalue weighted by Gasteiger charge is -2.32. The maximum atomic E-state index is 8.86. The summed E-state index contributed by atoms with van der Waals surface area (Å²) in [7, 11) is 0. The van der Waals surface area contributed by atoms with Crippen LogP contribution in [-0.4, -0.2) is 18.3 Å². The van der Waals surface area contributed by atoms with Crippen LogP contribution in [0.25, 0.3) is 0 Å². The van der Waals surface area contributed by atoms with Crippen LogP contribution in [-0.2, 0) is 4.74 Å². The van der Waals surface area contributed by atoms with Crippen molar-refractivity contribution in [2.45, 2.75) is 45.0 Å². The molecule has 2 rings (SSSR count). The van der Waals surface area contributed by atoms with Crippen molar-refractivity contribution in [1.82, 2.24) is 0 Å². The van der Waals surface area contributed by atoms with E-state index < -0.39 is 0 Å². The summed E-state index contributed by atoms with van der Waals surface area (Å²) in [5.74, 6) is 0.798. The summed E-state index contributed by atoms with van der Waals surface area (Å²) in [4.78, 5) is 0. The second-order valence-corrected chi connectivity index (χ2v) is 5.58. The molecule has 0 aromatic heterocycles. The average Bonchev–Trinajstić information content (AvgIpc) is 2.27. The first kappa shape index (κ1) is 13.4. The maximum Gasteiger partial charge on any atom is 0.120 e. The maximum absolute atomic E-state index is 8.86. The Morgan fingerprint density at radius 1 is 1.33 bits per heavy atom. The van der Waals surface area contributed by atoms with E-state index in [1.807, 2.05) is 12.1 Å². The smallest absolute Gasteiger partial charge is 0.120 e. The SMILES string of the molecule is CC1CC(Oc2ccc(C#N)c(Br)c2)CC(C)O1. The highest BCUT2D eigenvalue weighted by molar-refractivity contribution is 9.10. The third kappa shape index (κ3) is 3.24. The molecule has 2 unspecified atom stereocenters. The summed E-state index contributed by atoms with van der Waals surface area (Å²) in [5.41, 5.74) is 0.621. The van der Waals surface area contributed by atoms with Crippen LogP contribution < -0.4 is 4.74 Å². The highest BCUT2D eigenvalue weighted by Gasteiger charge is 2.25. The van der Waals surface area contributed by atoms with Crippen LogP contribution in [0.5, 0.6) is 5.75 Å². The molecule has 18 heavy (non-hydrogen) atoms. The number of ether oxygens (including phenoxy) is 2. The Balaban J connectivity index is 2.05. The number of benzene rings is 1. The van der Waals surface area contributed by atoms with Crippen molar-refractivity contribution in [1.29, 1.82) is 5.26 Å². The van der Waals surface area contributed by atoms with E-state index in [2.05, 4.69) is 35.8 Å². The fourth-order valence-corrected chi connectivity index (χ4v) is 2.74. The van der Waals surface area contributed by atoms with Crippen LogP contribution >= 0.6 is 15.9 Å². The largest absolute Gasteiger partial charge is 0.490 e. The molecule has 0 radical (unpaired) electrons. The molecule has 96 valence electrons. The lowest BCUT2D eigenvalue weighted by Crippen LogP contribution is -2.35. The van der Waals surface area contributed by atoms with Gasteiger partial charge in [-0.2, -0.15) is 5.26 Å². The molecular formula is C14H16BrNO2. The van der Waals surface area contributed by atoms with Gasteiger partial charge in [-0.1, -0.05) is 0 Å². The second-order valence-electron chi connectivity index (χ2n) is 4.72. The fourth-order valence-electron chi connectivity index (χ4n) is 2.29. The summed E-state index contributed by atoms with van der Waals surface area (Å²) in [6.45, 7) is 4.14. The van der Waals surface area contributed by atoms with Gasteiger partial charge in [0.2, 0.25) is 0 Å². The van der Waals surface area contributed by atoms with E-state index in [9.17, 15) is 0 Å². The van der Waals surface area contributed by atoms with Crippen LogP contribution in [0.4, 0.5) is 0 Å². The Morgan fingerprint density at radius 3 is 2.56 bits per heavy atom. The van der Waals surface area contributed by atoms with Crippen LogP contribution in [0.3, 0.4) is 0 Å². The Hall–Kier alpha value is -1.05. The molecule has 1 heterocycles. The molecule has 0 spiro atoms. The number of halogens is 1. The number of hydrogen-bond acceptors (Lipinski definition) is 3. The number of hydrogen-bond donors (Lipinski definition) is 0. The first-order chi connectivity index (χ1) is 8.58. The van der Waals surface area contributed by atoms with Crippen molar-refractivity contribution in [3.63, 3.8) is 0 Å². The van der Waals surface area contributed by atoms with E-state index in [-0.39, 0.29) is 18.3 Å². The van der Waals surface area contributed by atoms with Crippen LogP contribution in [0.15, 0.2) is 22.7 Å². The van der Waals surface area contributed by atoms with Crippen molar-refractivity contribution in [3.8, 4) is 11.8 Å². The highest BCUT2D eigenvalue weighted by Crippen LogP contribution is 2.27. The third-order valence-electron chi connectivity index (χ3n) is 3.02. The predicted molar refractivity (Wildman–Crippen MR) is 72.5 cm³/mol. The molecule has 3 nitrogen and oxygen atoms in total. The van der Waals surface area contributed by atoms with E-state index in [0.29, 0.717) is 5.56 Å². The van der Waals surface area contributed by atoms with E-state index in [4.69, 9.17) is 14.7 Å². The first-order valence-electron chi connectivity index (χ1n) is 6.10. The van der Waals surface area contributed by atoms with Gasteiger partial charge in [0.05, 0.1) is 17.8 Å². The standard InChI is InChI=1S/C14H16BrNO2/c1-9-5-13(6-10(2)17-9)18-12-4-3-11(8-16)14(15)7-12/h3-4,7,9-10,13H,5-6H2,1-2H3. The lowest BCUT2D eigenvalue weighted by atomic mass is 10.0. The minimum absolute atomic E-state index is 0.184. The average molecular weight is 310 g/mol. The Morgan fingerprint density at radius 2 is 2.00 bits per heavy atom. The topological polar surface area (TPSA) is 42.2 Å². The van der Waals surface area contributed by atoms with Gasteiger partial charge in [0, 0.05) is 17.3 Å². The fraction of sp³-hybridized carbons (Fsp3) is 0.500. The molecule has 1 aliphatic heterocycles. The minimum Gasteiger partial charge on any atom is -0.490 e. The van der Waals surface area contributed by atoms with Gasteiger partial charge in [0.25, 0.3) is 0 Å². The zero-order valence-electron chi connectivity index (χ0n) is 10.5. The molecule has 4 heteroatoms. The Bertz CT molecular complexity index is 459. The van der Waals surface area contributed by atoms with Gasteiger partial charge in [-0.05, 0) is 48.0 Å². The third-order valence-corrected chi connectivity index (χ3v) is 3.67. The monoisotopic (exact) mass is 309 g/mol. The molecule has 0 amide bonds. The van der Waals surface area contributed by atoms with Crippen LogP contribution in [0, 0.1) is 11.3 Å². The highest BCUT2D eigenvalue weighted by atomic mass is 79.9. The molecule has 0 saturated carbocycles. The van der Waals surface area contributed by atoms with Crippen molar-refractivity contribution in [2.24, 2.45) is 0 Å². The summed E-state index contributed by atoms with van der Waals surface area (Å²) < 4.78 is 12.4. The summed E-state index contributed by atoms with van der Waals surface area (Å²) in [6, 6.07) is 7.58. The molecule has 2 atom stereocenters. The second kappa shape index (κ2) is 5.73. The molecule has 0 N–H and O–H groups in total. The lowest BCUT2D eigenvalue weighted by molar-refractivity contribution is -0.0721. The number of rotatable bonds is 2. The molecule has 1 saturated heterocycles. The molecule has 1 aromatic rings. The summed E-state index contributed by atoms with van der Waals surface area (Å²) >= 11 is 3.37. The van der Waals surface area contributed by atoms with Crippen molar-refractivity contribution < 1.29 is 9.47 Å². The number of nitrogens with zero attached hydrogens (tertiary/aromatic N) is 1. The van der Waals surface area contributed by atoms with E-state index >= 15 is 0 Å². The zero-order chi connectivity index (χ0) is 13.1. The normalized spacial score (nSPS) is 27.6. The quantitative estimate of drug-likeness (QED) is 0.837. The first-order valence-corrected chi connectivity index (χ1v) is 6.89. The van der Waals surface area contributed by atoms with Gasteiger partial charge >= 0.3 is 0 Å². The van der Waals surface area contributed by atoms with Gasteiger partial charge in [-0.25, -0.2) is 0 Å². The van der Waals surface area contributed by atoms with Crippen molar-refractivity contribution in [2.75, 3.05) is 0 Å². The van der Waals surface area contributed by atoms with E-state index in [0.717, 1.165) is 23.1 Å². The number of nitriles is 1. The molecule has 1 aromatic carbocycles. The molecule has 1 fully saturated rings. The van der Waals surface area contributed by atoms with Crippen molar-refractivity contribution >= 4 is 15.9 Å². The van der Waals surface area contributed by atoms with Gasteiger partial charge in [0.1, 0.15) is 17.9 Å². The molecule has 0 bridgehead atoms.